The maximum absolute atomic E-state index is 11.8. The summed E-state index contributed by atoms with van der Waals surface area (Å²) in [5.74, 6) is 0.469. The number of aromatic nitrogens is 1. The maximum Gasteiger partial charge on any atom is 0.217 e. The molecular formula is C11H17N3O3S. The van der Waals surface area contributed by atoms with E-state index < -0.39 is 10.0 Å². The van der Waals surface area contributed by atoms with Crippen LogP contribution in [-0.4, -0.2) is 33.2 Å². The van der Waals surface area contributed by atoms with Gasteiger partial charge in [0, 0.05) is 19.2 Å². The molecule has 6 nitrogen and oxygen atoms in total. The van der Waals surface area contributed by atoms with Gasteiger partial charge in [0.1, 0.15) is 17.2 Å². The predicted octanol–water partition coefficient (Wildman–Crippen LogP) is 0.322. The Kier molecular flexibility index (Phi) is 4.15. The highest BCUT2D eigenvalue weighted by molar-refractivity contribution is 7.88. The summed E-state index contributed by atoms with van der Waals surface area (Å²) in [6.07, 6.45) is 2.90. The first-order valence-electron chi connectivity index (χ1n) is 5.83. The molecule has 0 radical (unpaired) electrons. The van der Waals surface area contributed by atoms with Gasteiger partial charge in [0.2, 0.25) is 10.0 Å². The fourth-order valence-electron chi connectivity index (χ4n) is 1.76. The highest BCUT2D eigenvalue weighted by Crippen LogP contribution is 2.07. The van der Waals surface area contributed by atoms with E-state index in [1.165, 1.54) is 0 Å². The molecule has 2 heterocycles. The number of nitrogens with one attached hydrogen (secondary N) is 2. The smallest absolute Gasteiger partial charge is 0.217 e. The van der Waals surface area contributed by atoms with E-state index in [9.17, 15) is 8.42 Å². The summed E-state index contributed by atoms with van der Waals surface area (Å²) in [5, 5.41) is 6.86. The van der Waals surface area contributed by atoms with E-state index in [-0.39, 0.29) is 5.75 Å². The Bertz CT molecular complexity index is 533. The van der Waals surface area contributed by atoms with E-state index in [1.54, 1.807) is 13.0 Å². The zero-order valence-corrected chi connectivity index (χ0v) is 11.1. The number of hydrogen-bond donors (Lipinski definition) is 2. The molecule has 100 valence electrons. The van der Waals surface area contributed by atoms with Crippen LogP contribution in [0.3, 0.4) is 0 Å². The van der Waals surface area contributed by atoms with Crippen LogP contribution in [0.4, 0.5) is 0 Å². The molecule has 2 rings (SSSR count). The van der Waals surface area contributed by atoms with E-state index in [1.807, 2.05) is 6.08 Å². The number of nitrogens with zero attached hydrogens (tertiary/aromatic N) is 1. The van der Waals surface area contributed by atoms with Crippen molar-refractivity contribution in [3.8, 4) is 0 Å². The molecule has 0 aromatic carbocycles. The Morgan fingerprint density at radius 3 is 3.00 bits per heavy atom. The highest BCUT2D eigenvalue weighted by Gasteiger charge is 2.15. The van der Waals surface area contributed by atoms with Crippen molar-refractivity contribution in [2.75, 3.05) is 19.6 Å². The lowest BCUT2D eigenvalue weighted by Gasteiger charge is -2.14. The fraction of sp³-hybridized carbons (Fsp3) is 0.545. The minimum absolute atomic E-state index is 0.143. The Morgan fingerprint density at radius 1 is 1.56 bits per heavy atom. The van der Waals surface area contributed by atoms with E-state index in [4.69, 9.17) is 4.52 Å². The third kappa shape index (κ3) is 3.94. The second-order valence-electron chi connectivity index (χ2n) is 4.33. The van der Waals surface area contributed by atoms with Crippen LogP contribution in [0.5, 0.6) is 0 Å². The molecular weight excluding hydrogens is 254 g/mol. The summed E-state index contributed by atoms with van der Waals surface area (Å²) in [6, 6.07) is 1.63. The lowest BCUT2D eigenvalue weighted by Crippen LogP contribution is -2.30. The zero-order valence-electron chi connectivity index (χ0n) is 10.3. The number of sulfonamides is 1. The van der Waals surface area contributed by atoms with Gasteiger partial charge < -0.3 is 9.84 Å². The summed E-state index contributed by atoms with van der Waals surface area (Å²) < 4.78 is 31.1. The lowest BCUT2D eigenvalue weighted by molar-refractivity contribution is 0.392. The van der Waals surface area contributed by atoms with Crippen LogP contribution in [-0.2, 0) is 15.8 Å². The average Bonchev–Trinajstić information content (AvgIpc) is 2.73. The Labute approximate surface area is 106 Å². The normalized spacial score (nSPS) is 16.6. The first kappa shape index (κ1) is 13.3. The van der Waals surface area contributed by atoms with Crippen LogP contribution < -0.4 is 10.0 Å². The molecule has 1 aliphatic heterocycles. The minimum Gasteiger partial charge on any atom is -0.361 e. The number of rotatable bonds is 5. The van der Waals surface area contributed by atoms with Crippen molar-refractivity contribution in [1.82, 2.24) is 15.2 Å². The minimum atomic E-state index is -3.35. The molecule has 0 atom stereocenters. The molecule has 0 unspecified atom stereocenters. The van der Waals surface area contributed by atoms with Crippen LogP contribution in [0.1, 0.15) is 17.9 Å². The molecule has 0 fully saturated rings. The molecule has 1 aromatic heterocycles. The van der Waals surface area contributed by atoms with Crippen molar-refractivity contribution >= 4 is 10.0 Å². The molecule has 7 heteroatoms. The summed E-state index contributed by atoms with van der Waals surface area (Å²) in [5.41, 5.74) is 1.55. The van der Waals surface area contributed by atoms with Crippen LogP contribution in [0.25, 0.3) is 0 Å². The zero-order chi connectivity index (χ0) is 13.0. The van der Waals surface area contributed by atoms with Crippen LogP contribution in [0.2, 0.25) is 0 Å². The largest absolute Gasteiger partial charge is 0.361 e. The van der Waals surface area contributed by atoms with Gasteiger partial charge in [-0.1, -0.05) is 16.8 Å². The van der Waals surface area contributed by atoms with Crippen molar-refractivity contribution in [3.63, 3.8) is 0 Å². The summed E-state index contributed by atoms with van der Waals surface area (Å²) in [4.78, 5) is 0. The van der Waals surface area contributed by atoms with Gasteiger partial charge in [0.15, 0.2) is 0 Å². The number of hydrogen-bond acceptors (Lipinski definition) is 5. The quantitative estimate of drug-likeness (QED) is 0.754. The first-order valence-corrected chi connectivity index (χ1v) is 7.48. The second-order valence-corrected chi connectivity index (χ2v) is 6.13. The van der Waals surface area contributed by atoms with Crippen LogP contribution in [0, 0.1) is 6.92 Å². The average molecular weight is 271 g/mol. The van der Waals surface area contributed by atoms with Gasteiger partial charge in [-0.3, -0.25) is 0 Å². The fourth-order valence-corrected chi connectivity index (χ4v) is 2.80. The third-order valence-electron chi connectivity index (χ3n) is 2.69. The topological polar surface area (TPSA) is 84.2 Å². The maximum atomic E-state index is 11.8. The van der Waals surface area contributed by atoms with Gasteiger partial charge in [0.05, 0.1) is 0 Å². The van der Waals surface area contributed by atoms with Crippen LogP contribution >= 0.6 is 0 Å². The van der Waals surface area contributed by atoms with Gasteiger partial charge in [0.25, 0.3) is 0 Å². The van der Waals surface area contributed by atoms with Crippen molar-refractivity contribution in [2.45, 2.75) is 19.1 Å². The summed E-state index contributed by atoms with van der Waals surface area (Å²) in [7, 11) is -3.35. The van der Waals surface area contributed by atoms with Crippen LogP contribution in [0.15, 0.2) is 22.2 Å². The van der Waals surface area contributed by atoms with Gasteiger partial charge in [-0.25, -0.2) is 13.1 Å². The molecule has 0 amide bonds. The molecule has 1 aliphatic rings. The van der Waals surface area contributed by atoms with Gasteiger partial charge in [-0.05, 0) is 19.9 Å². The van der Waals surface area contributed by atoms with Crippen molar-refractivity contribution in [1.29, 1.82) is 0 Å². The monoisotopic (exact) mass is 271 g/mol. The SMILES string of the molecule is Cc1cc(CS(=O)(=O)NCC2=CCNCC2)no1. The van der Waals surface area contributed by atoms with Crippen molar-refractivity contribution < 1.29 is 12.9 Å². The van der Waals surface area contributed by atoms with E-state index in [0.29, 0.717) is 18.0 Å². The van der Waals surface area contributed by atoms with Gasteiger partial charge >= 0.3 is 0 Å². The van der Waals surface area contributed by atoms with E-state index >= 15 is 0 Å². The van der Waals surface area contributed by atoms with Gasteiger partial charge in [-0.2, -0.15) is 0 Å². The second kappa shape index (κ2) is 5.64. The Hall–Kier alpha value is -1.18. The molecule has 1 aromatic rings. The molecule has 2 N–H and O–H groups in total. The summed E-state index contributed by atoms with van der Waals surface area (Å²) >= 11 is 0. The van der Waals surface area contributed by atoms with E-state index in [0.717, 1.165) is 25.1 Å². The molecule has 0 saturated heterocycles. The standard InChI is InChI=1S/C11H17N3O3S/c1-9-6-11(14-17-9)8-18(15,16)13-7-10-2-4-12-5-3-10/h2,6,12-13H,3-5,7-8H2,1H3. The van der Waals surface area contributed by atoms with Crippen molar-refractivity contribution in [2.24, 2.45) is 0 Å². The molecule has 0 bridgehead atoms. The van der Waals surface area contributed by atoms with Crippen molar-refractivity contribution in [3.05, 3.63) is 29.2 Å². The first-order chi connectivity index (χ1) is 8.55. The molecule has 18 heavy (non-hydrogen) atoms. The molecule has 0 spiro atoms. The van der Waals surface area contributed by atoms with Gasteiger partial charge in [-0.15, -0.1) is 0 Å². The van der Waals surface area contributed by atoms with E-state index in [2.05, 4.69) is 15.2 Å². The highest BCUT2D eigenvalue weighted by atomic mass is 32.2. The summed E-state index contributed by atoms with van der Waals surface area (Å²) in [6.45, 7) is 3.81. The predicted molar refractivity (Wildman–Crippen MR) is 67.4 cm³/mol. The molecule has 0 saturated carbocycles. The molecule has 0 aliphatic carbocycles. The Morgan fingerprint density at radius 2 is 2.39 bits per heavy atom. The third-order valence-corrected chi connectivity index (χ3v) is 3.95. The lowest BCUT2D eigenvalue weighted by atomic mass is 10.1. The number of aryl methyl sites for hydroxylation is 1. The Balaban J connectivity index is 1.89.